The number of nitrogens with zero attached hydrogens (tertiary/aromatic N) is 1. The van der Waals surface area contributed by atoms with E-state index in [0.717, 1.165) is 42.5 Å². The van der Waals surface area contributed by atoms with Crippen molar-refractivity contribution in [2.45, 2.75) is 11.1 Å². The molecule has 0 spiro atoms. The number of nitro benzene ring substituents is 1. The molecule has 31 heavy (non-hydrogen) atoms. The van der Waals surface area contributed by atoms with E-state index < -0.39 is 38.3 Å². The molecule has 2 rings (SSSR count). The molecule has 0 aliphatic carbocycles. The number of nitrogens with one attached hydrogen (secondary N) is 2. The van der Waals surface area contributed by atoms with E-state index in [0.29, 0.717) is 0 Å². The molecule has 2 aromatic carbocycles. The van der Waals surface area contributed by atoms with Crippen molar-refractivity contribution in [1.29, 1.82) is 0 Å². The summed E-state index contributed by atoms with van der Waals surface area (Å²) in [7, 11) is -4.04. The molecule has 1 amide bonds. The van der Waals surface area contributed by atoms with Gasteiger partial charge in [0.15, 0.2) is 0 Å². The average molecular weight is 478 g/mol. The SMILES string of the molecule is O=C(/C=C/c1cc(C(F)(F)F)ccc1Cl)NCCNS(=O)(=O)c1cccc([N+](=O)[O-])c1. The fraction of sp³-hybridized carbons (Fsp3) is 0.167. The number of hydrogen-bond donors (Lipinski definition) is 2. The summed E-state index contributed by atoms with van der Waals surface area (Å²) in [5.74, 6) is -0.692. The Morgan fingerprint density at radius 2 is 1.87 bits per heavy atom. The molecule has 0 unspecified atom stereocenters. The van der Waals surface area contributed by atoms with E-state index in [2.05, 4.69) is 10.0 Å². The van der Waals surface area contributed by atoms with Gasteiger partial charge in [-0.2, -0.15) is 13.2 Å². The van der Waals surface area contributed by atoms with Gasteiger partial charge >= 0.3 is 6.18 Å². The highest BCUT2D eigenvalue weighted by Crippen LogP contribution is 2.32. The summed E-state index contributed by atoms with van der Waals surface area (Å²) in [6.07, 6.45) is -2.51. The second kappa shape index (κ2) is 9.90. The Hall–Kier alpha value is -2.96. The number of amides is 1. The second-order valence-corrected chi connectivity index (χ2v) is 8.18. The van der Waals surface area contributed by atoms with Gasteiger partial charge in [-0.15, -0.1) is 0 Å². The molecule has 0 heterocycles. The largest absolute Gasteiger partial charge is 0.416 e. The summed E-state index contributed by atoms with van der Waals surface area (Å²) in [5.41, 5.74) is -1.33. The van der Waals surface area contributed by atoms with Crippen LogP contribution in [0.3, 0.4) is 0 Å². The molecule has 0 fully saturated rings. The van der Waals surface area contributed by atoms with E-state index in [9.17, 15) is 36.5 Å². The van der Waals surface area contributed by atoms with Crippen molar-refractivity contribution in [3.05, 3.63) is 74.8 Å². The Kier molecular flexibility index (Phi) is 7.76. The van der Waals surface area contributed by atoms with Crippen molar-refractivity contribution in [3.63, 3.8) is 0 Å². The van der Waals surface area contributed by atoms with Crippen LogP contribution in [0.25, 0.3) is 6.08 Å². The molecule has 13 heteroatoms. The number of rotatable bonds is 8. The van der Waals surface area contributed by atoms with E-state index in [1.54, 1.807) is 0 Å². The number of nitro groups is 1. The summed E-state index contributed by atoms with van der Waals surface area (Å²) >= 11 is 5.83. The van der Waals surface area contributed by atoms with Crippen LogP contribution in [0.4, 0.5) is 18.9 Å². The van der Waals surface area contributed by atoms with Crippen LogP contribution in [0.15, 0.2) is 53.4 Å². The van der Waals surface area contributed by atoms with Crippen LogP contribution in [0.2, 0.25) is 5.02 Å². The lowest BCUT2D eigenvalue weighted by atomic mass is 10.1. The van der Waals surface area contributed by atoms with Crippen LogP contribution in [0.5, 0.6) is 0 Å². The summed E-state index contributed by atoms with van der Waals surface area (Å²) in [6, 6.07) is 7.09. The Morgan fingerprint density at radius 1 is 1.16 bits per heavy atom. The van der Waals surface area contributed by atoms with E-state index >= 15 is 0 Å². The molecule has 0 aliphatic rings. The first-order valence-electron chi connectivity index (χ1n) is 8.47. The third-order valence-corrected chi connectivity index (χ3v) is 5.60. The van der Waals surface area contributed by atoms with Crippen molar-refractivity contribution in [3.8, 4) is 0 Å². The minimum atomic E-state index is -4.56. The number of halogens is 4. The zero-order valence-corrected chi connectivity index (χ0v) is 17.1. The molecule has 2 aromatic rings. The Morgan fingerprint density at radius 3 is 2.52 bits per heavy atom. The molecular formula is C18H15ClF3N3O5S. The van der Waals surface area contributed by atoms with Gasteiger partial charge < -0.3 is 5.32 Å². The number of carbonyl (C=O) groups excluding carboxylic acids is 1. The zero-order chi connectivity index (χ0) is 23.2. The van der Waals surface area contributed by atoms with Crippen molar-refractivity contribution in [1.82, 2.24) is 10.0 Å². The van der Waals surface area contributed by atoms with Crippen LogP contribution in [-0.4, -0.2) is 32.3 Å². The molecular weight excluding hydrogens is 463 g/mol. The molecule has 0 radical (unpaired) electrons. The number of alkyl halides is 3. The summed E-state index contributed by atoms with van der Waals surface area (Å²) < 4.78 is 64.7. The third-order valence-electron chi connectivity index (χ3n) is 3.79. The maximum absolute atomic E-state index is 12.7. The van der Waals surface area contributed by atoms with Gasteiger partial charge in [0.1, 0.15) is 0 Å². The number of hydrogen-bond acceptors (Lipinski definition) is 5. The van der Waals surface area contributed by atoms with E-state index in [1.807, 2.05) is 0 Å². The molecule has 2 N–H and O–H groups in total. The van der Waals surface area contributed by atoms with Gasteiger partial charge in [0, 0.05) is 36.3 Å². The van der Waals surface area contributed by atoms with Gasteiger partial charge in [0.2, 0.25) is 15.9 Å². The van der Waals surface area contributed by atoms with Gasteiger partial charge in [0.25, 0.3) is 5.69 Å². The van der Waals surface area contributed by atoms with Gasteiger partial charge in [-0.05, 0) is 35.9 Å². The normalized spacial score (nSPS) is 12.1. The fourth-order valence-corrected chi connectivity index (χ4v) is 3.54. The fourth-order valence-electron chi connectivity index (χ4n) is 2.29. The van der Waals surface area contributed by atoms with Crippen LogP contribution in [0.1, 0.15) is 11.1 Å². The first-order chi connectivity index (χ1) is 14.4. The van der Waals surface area contributed by atoms with E-state index in [-0.39, 0.29) is 28.6 Å². The lowest BCUT2D eigenvalue weighted by Crippen LogP contribution is -2.34. The van der Waals surface area contributed by atoms with Crippen LogP contribution >= 0.6 is 11.6 Å². The molecule has 0 aromatic heterocycles. The summed E-state index contributed by atoms with van der Waals surface area (Å²) in [6.45, 7) is -0.372. The standard InChI is InChI=1S/C18H15ClF3N3O5S/c19-16-6-5-13(18(20,21)22)10-12(16)4-7-17(26)23-8-9-24-31(29,30)15-3-1-2-14(11-15)25(27)28/h1-7,10-11,24H,8-9H2,(H,23,26)/b7-4+. The van der Waals surface area contributed by atoms with Gasteiger partial charge in [-0.25, -0.2) is 13.1 Å². The molecule has 0 saturated carbocycles. The van der Waals surface area contributed by atoms with Gasteiger partial charge in [-0.3, -0.25) is 14.9 Å². The number of carbonyl (C=O) groups is 1. The van der Waals surface area contributed by atoms with Gasteiger partial charge in [-0.1, -0.05) is 17.7 Å². The van der Waals surface area contributed by atoms with Crippen molar-refractivity contribution >= 4 is 39.3 Å². The highest BCUT2D eigenvalue weighted by molar-refractivity contribution is 7.89. The Labute approximate surface area is 179 Å². The molecule has 8 nitrogen and oxygen atoms in total. The average Bonchev–Trinajstić information content (AvgIpc) is 2.70. The van der Waals surface area contributed by atoms with Crippen molar-refractivity contribution in [2.24, 2.45) is 0 Å². The highest BCUT2D eigenvalue weighted by Gasteiger charge is 2.30. The lowest BCUT2D eigenvalue weighted by Gasteiger charge is -2.08. The van der Waals surface area contributed by atoms with Crippen LogP contribution in [-0.2, 0) is 21.0 Å². The quantitative estimate of drug-likeness (QED) is 0.261. The lowest BCUT2D eigenvalue weighted by molar-refractivity contribution is -0.385. The minimum absolute atomic E-state index is 0.0155. The number of non-ortho nitro benzene ring substituents is 1. The first-order valence-corrected chi connectivity index (χ1v) is 10.3. The Balaban J connectivity index is 1.91. The smallest absolute Gasteiger partial charge is 0.351 e. The van der Waals surface area contributed by atoms with Crippen LogP contribution in [0, 0.1) is 10.1 Å². The van der Waals surface area contributed by atoms with E-state index in [4.69, 9.17) is 11.6 Å². The maximum Gasteiger partial charge on any atom is 0.416 e. The second-order valence-electron chi connectivity index (χ2n) is 6.01. The third kappa shape index (κ3) is 7.05. The monoisotopic (exact) mass is 477 g/mol. The molecule has 0 bridgehead atoms. The maximum atomic E-state index is 12.7. The van der Waals surface area contributed by atoms with Crippen molar-refractivity contribution < 1.29 is 31.3 Å². The molecule has 0 saturated heterocycles. The predicted octanol–water partition coefficient (Wildman–Crippen LogP) is 3.37. The molecule has 0 atom stereocenters. The number of sulfonamides is 1. The molecule has 166 valence electrons. The molecule has 0 aliphatic heterocycles. The number of benzene rings is 2. The summed E-state index contributed by atoms with van der Waals surface area (Å²) in [4.78, 5) is 21.5. The topological polar surface area (TPSA) is 118 Å². The van der Waals surface area contributed by atoms with E-state index in [1.165, 1.54) is 12.1 Å². The van der Waals surface area contributed by atoms with Crippen molar-refractivity contribution in [2.75, 3.05) is 13.1 Å². The summed E-state index contributed by atoms with van der Waals surface area (Å²) in [5, 5.41) is 13.1. The van der Waals surface area contributed by atoms with Crippen LogP contribution < -0.4 is 10.0 Å². The highest BCUT2D eigenvalue weighted by atomic mass is 35.5. The van der Waals surface area contributed by atoms with Gasteiger partial charge in [0.05, 0.1) is 15.4 Å². The predicted molar refractivity (Wildman–Crippen MR) is 107 cm³/mol. The Bertz CT molecular complexity index is 1120. The first kappa shape index (κ1) is 24.3. The minimum Gasteiger partial charge on any atom is -0.351 e. The zero-order valence-electron chi connectivity index (χ0n) is 15.5.